The van der Waals surface area contributed by atoms with Crippen LogP contribution in [0.3, 0.4) is 0 Å². The molecule has 0 bridgehead atoms. The van der Waals surface area contributed by atoms with Gasteiger partial charge in [0, 0.05) is 11.4 Å². The molecular formula is C26H32N4O4S2. The molecule has 1 aromatic carbocycles. The third kappa shape index (κ3) is 6.55. The number of amides is 1. The fourth-order valence-electron chi connectivity index (χ4n) is 3.40. The van der Waals surface area contributed by atoms with Crippen molar-refractivity contribution >= 4 is 40.0 Å². The van der Waals surface area contributed by atoms with Crippen LogP contribution >= 0.6 is 23.1 Å². The number of nitrogens with zero attached hydrogens (tertiary/aromatic N) is 3. The number of allylic oxidation sites excluding steroid dienone is 1. The average molecular weight is 529 g/mol. The second kappa shape index (κ2) is 11.7. The van der Waals surface area contributed by atoms with Crippen LogP contribution in [0.4, 0.5) is 5.00 Å². The summed E-state index contributed by atoms with van der Waals surface area (Å²) in [5.41, 5.74) is 2.50. The van der Waals surface area contributed by atoms with Gasteiger partial charge in [0.05, 0.1) is 18.4 Å². The first-order valence-electron chi connectivity index (χ1n) is 11.4. The molecule has 0 saturated carbocycles. The Labute approximate surface area is 220 Å². The number of methoxy groups -OCH3 is 1. The number of thiophene rings is 1. The largest absolute Gasteiger partial charge is 0.486 e. The SMILES string of the molecule is C=CCn1c(COc2ccc(C(C)(C)C)cc2)nnc1SCC(=O)Nc1sc(C)c(C)c1C(=O)OC. The van der Waals surface area contributed by atoms with E-state index in [2.05, 4.69) is 55.0 Å². The van der Waals surface area contributed by atoms with Gasteiger partial charge in [0.2, 0.25) is 5.91 Å². The Balaban J connectivity index is 1.65. The van der Waals surface area contributed by atoms with Crippen molar-refractivity contribution in [3.05, 3.63) is 64.3 Å². The Morgan fingerprint density at radius 1 is 1.19 bits per heavy atom. The van der Waals surface area contributed by atoms with Crippen LogP contribution in [0.2, 0.25) is 0 Å². The highest BCUT2D eigenvalue weighted by Gasteiger charge is 2.22. The van der Waals surface area contributed by atoms with Crippen molar-refractivity contribution in [3.8, 4) is 5.75 Å². The summed E-state index contributed by atoms with van der Waals surface area (Å²) in [5, 5.41) is 12.4. The second-order valence-electron chi connectivity index (χ2n) is 9.18. The molecule has 0 unspecified atom stereocenters. The molecule has 10 heteroatoms. The molecule has 0 fully saturated rings. The number of ether oxygens (including phenoxy) is 2. The molecule has 8 nitrogen and oxygen atoms in total. The Morgan fingerprint density at radius 2 is 1.89 bits per heavy atom. The van der Waals surface area contributed by atoms with Gasteiger partial charge in [-0.3, -0.25) is 9.36 Å². The molecule has 0 radical (unpaired) electrons. The molecule has 0 aliphatic carbocycles. The molecule has 0 saturated heterocycles. The molecule has 192 valence electrons. The number of thioether (sulfide) groups is 1. The van der Waals surface area contributed by atoms with E-state index in [9.17, 15) is 9.59 Å². The molecule has 1 N–H and O–H groups in total. The second-order valence-corrected chi connectivity index (χ2v) is 11.3. The number of carbonyl (C=O) groups is 2. The first-order chi connectivity index (χ1) is 17.0. The monoisotopic (exact) mass is 528 g/mol. The van der Waals surface area contributed by atoms with Crippen molar-refractivity contribution in [1.29, 1.82) is 0 Å². The number of hydrogen-bond donors (Lipinski definition) is 1. The molecule has 0 aliphatic heterocycles. The summed E-state index contributed by atoms with van der Waals surface area (Å²) in [4.78, 5) is 25.8. The lowest BCUT2D eigenvalue weighted by atomic mass is 9.87. The molecule has 36 heavy (non-hydrogen) atoms. The van der Waals surface area contributed by atoms with Crippen LogP contribution in [0.15, 0.2) is 42.1 Å². The molecule has 2 heterocycles. The number of hydrogen-bond acceptors (Lipinski definition) is 8. The molecule has 3 rings (SSSR count). The van der Waals surface area contributed by atoms with Gasteiger partial charge >= 0.3 is 5.97 Å². The minimum atomic E-state index is -0.469. The highest BCUT2D eigenvalue weighted by molar-refractivity contribution is 7.99. The van der Waals surface area contributed by atoms with Crippen LogP contribution in [0.5, 0.6) is 5.75 Å². The van der Waals surface area contributed by atoms with Gasteiger partial charge in [-0.1, -0.05) is 50.7 Å². The van der Waals surface area contributed by atoms with Crippen LogP contribution < -0.4 is 10.1 Å². The lowest BCUT2D eigenvalue weighted by Gasteiger charge is -2.19. The highest BCUT2D eigenvalue weighted by Crippen LogP contribution is 2.33. The summed E-state index contributed by atoms with van der Waals surface area (Å²) >= 11 is 2.61. The lowest BCUT2D eigenvalue weighted by Crippen LogP contribution is -2.16. The molecule has 2 aromatic heterocycles. The first kappa shape index (κ1) is 27.5. The number of aryl methyl sites for hydroxylation is 1. The zero-order valence-corrected chi connectivity index (χ0v) is 23.1. The summed E-state index contributed by atoms with van der Waals surface area (Å²) in [6.07, 6.45) is 1.74. The van der Waals surface area contributed by atoms with Crippen molar-refractivity contribution in [3.63, 3.8) is 0 Å². The molecule has 0 aliphatic rings. The van der Waals surface area contributed by atoms with Crippen molar-refractivity contribution < 1.29 is 19.1 Å². The number of aromatic nitrogens is 3. The first-order valence-corrected chi connectivity index (χ1v) is 13.2. The predicted molar refractivity (Wildman–Crippen MR) is 144 cm³/mol. The van der Waals surface area contributed by atoms with Gasteiger partial charge in [0.25, 0.3) is 0 Å². The van der Waals surface area contributed by atoms with E-state index in [-0.39, 0.29) is 23.7 Å². The molecule has 3 aromatic rings. The molecular weight excluding hydrogens is 496 g/mol. The molecule has 0 atom stereocenters. The van der Waals surface area contributed by atoms with Crippen LogP contribution in [-0.4, -0.2) is 39.5 Å². The van der Waals surface area contributed by atoms with E-state index < -0.39 is 5.97 Å². The standard InChI is InChI=1S/C26H32N4O4S2/c1-8-13-30-20(14-34-19-11-9-18(10-12-19)26(4,5)6)28-29-25(30)35-15-21(31)27-23-22(24(32)33-7)16(2)17(3)36-23/h8-12H,1,13-15H2,2-7H3,(H,27,31). The number of benzene rings is 1. The van der Waals surface area contributed by atoms with E-state index >= 15 is 0 Å². The van der Waals surface area contributed by atoms with Crippen molar-refractivity contribution in [2.24, 2.45) is 0 Å². The maximum absolute atomic E-state index is 12.7. The number of esters is 1. The average Bonchev–Trinajstić information content (AvgIpc) is 3.35. The highest BCUT2D eigenvalue weighted by atomic mass is 32.2. The fraction of sp³-hybridized carbons (Fsp3) is 0.385. The maximum Gasteiger partial charge on any atom is 0.341 e. The van der Waals surface area contributed by atoms with Crippen molar-refractivity contribution in [1.82, 2.24) is 14.8 Å². The van der Waals surface area contributed by atoms with E-state index in [0.29, 0.717) is 28.1 Å². The Kier molecular flexibility index (Phi) is 8.97. The zero-order chi connectivity index (χ0) is 26.5. The van der Waals surface area contributed by atoms with Crippen LogP contribution in [0.1, 0.15) is 53.0 Å². The minimum absolute atomic E-state index is 0.0725. The number of nitrogens with one attached hydrogen (secondary N) is 1. The Hall–Kier alpha value is -3.11. The van der Waals surface area contributed by atoms with Crippen LogP contribution in [-0.2, 0) is 28.1 Å². The Morgan fingerprint density at radius 3 is 2.50 bits per heavy atom. The van der Waals surface area contributed by atoms with Crippen LogP contribution in [0, 0.1) is 13.8 Å². The van der Waals surface area contributed by atoms with Gasteiger partial charge in [-0.05, 0) is 42.5 Å². The smallest absolute Gasteiger partial charge is 0.341 e. The van der Waals surface area contributed by atoms with E-state index in [1.165, 1.54) is 35.8 Å². The molecule has 0 spiro atoms. The van der Waals surface area contributed by atoms with E-state index in [1.807, 2.05) is 30.5 Å². The van der Waals surface area contributed by atoms with Gasteiger partial charge in [-0.15, -0.1) is 28.1 Å². The van der Waals surface area contributed by atoms with Crippen LogP contribution in [0.25, 0.3) is 0 Å². The minimum Gasteiger partial charge on any atom is -0.486 e. The summed E-state index contributed by atoms with van der Waals surface area (Å²) in [7, 11) is 1.32. The van der Waals surface area contributed by atoms with E-state index in [1.54, 1.807) is 6.08 Å². The van der Waals surface area contributed by atoms with Crippen molar-refractivity contribution in [2.45, 2.75) is 58.3 Å². The Bertz CT molecular complexity index is 1240. The van der Waals surface area contributed by atoms with Gasteiger partial charge in [-0.25, -0.2) is 4.79 Å². The third-order valence-electron chi connectivity index (χ3n) is 5.55. The quantitative estimate of drug-likeness (QED) is 0.210. The fourth-order valence-corrected chi connectivity index (χ4v) is 5.23. The van der Waals surface area contributed by atoms with Gasteiger partial charge in [0.1, 0.15) is 17.4 Å². The lowest BCUT2D eigenvalue weighted by molar-refractivity contribution is -0.113. The third-order valence-corrected chi connectivity index (χ3v) is 7.64. The summed E-state index contributed by atoms with van der Waals surface area (Å²) in [6, 6.07) is 8.02. The summed E-state index contributed by atoms with van der Waals surface area (Å²) in [5.74, 6) is 0.753. The molecule has 1 amide bonds. The predicted octanol–water partition coefficient (Wildman–Crippen LogP) is 5.54. The maximum atomic E-state index is 12.7. The van der Waals surface area contributed by atoms with E-state index in [4.69, 9.17) is 9.47 Å². The number of rotatable bonds is 10. The summed E-state index contributed by atoms with van der Waals surface area (Å²) in [6.45, 7) is 14.8. The number of anilines is 1. The normalized spacial score (nSPS) is 11.3. The van der Waals surface area contributed by atoms with E-state index in [0.717, 1.165) is 16.2 Å². The van der Waals surface area contributed by atoms with Gasteiger partial charge in [-0.2, -0.15) is 0 Å². The zero-order valence-electron chi connectivity index (χ0n) is 21.5. The van der Waals surface area contributed by atoms with Crippen molar-refractivity contribution in [2.75, 3.05) is 18.2 Å². The van der Waals surface area contributed by atoms with Gasteiger partial charge < -0.3 is 14.8 Å². The summed E-state index contributed by atoms with van der Waals surface area (Å²) < 4.78 is 12.7. The van der Waals surface area contributed by atoms with Gasteiger partial charge in [0.15, 0.2) is 11.0 Å². The number of carbonyl (C=O) groups excluding carboxylic acids is 2. The topological polar surface area (TPSA) is 95.3 Å².